The Labute approximate surface area is 290 Å². The minimum Gasteiger partial charge on any atom is -0.438 e. The van der Waals surface area contributed by atoms with Crippen LogP contribution in [0.4, 0.5) is 8.78 Å². The molecule has 2 amide bonds. The largest absolute Gasteiger partial charge is 0.438 e. The molecule has 1 aromatic heterocycles. The maximum atomic E-state index is 14.3. The van der Waals surface area contributed by atoms with Crippen LogP contribution in [0, 0.1) is 5.82 Å². The Morgan fingerprint density at radius 1 is 0.920 bits per heavy atom. The van der Waals surface area contributed by atoms with Crippen LogP contribution in [0.25, 0.3) is 11.1 Å². The number of rotatable bonds is 10. The number of fused-ring (bicyclic) bond motifs is 1. The molecule has 260 valence electrons. The maximum Gasteiger partial charge on any atom is 0.257 e. The maximum absolute atomic E-state index is 14.3. The first kappa shape index (κ1) is 33.6. The summed E-state index contributed by atoms with van der Waals surface area (Å²) < 4.78 is 34.0. The number of pyridine rings is 1. The Balaban J connectivity index is 0.924. The van der Waals surface area contributed by atoms with Crippen molar-refractivity contribution < 1.29 is 23.1 Å². The highest BCUT2D eigenvalue weighted by molar-refractivity contribution is 6.00. The molecule has 2 fully saturated rings. The van der Waals surface area contributed by atoms with Crippen molar-refractivity contribution in [1.82, 2.24) is 30.7 Å². The van der Waals surface area contributed by atoms with Gasteiger partial charge in [0.2, 0.25) is 11.8 Å². The number of aromatic nitrogens is 1. The molecule has 2 aromatic carbocycles. The first-order chi connectivity index (χ1) is 24.4. The number of nitrogens with one attached hydrogen (secondary N) is 3. The topological polar surface area (TPSA) is 111 Å². The molecule has 50 heavy (non-hydrogen) atoms. The summed E-state index contributed by atoms with van der Waals surface area (Å²) in [6.45, 7) is 5.59. The molecule has 4 aliphatic rings. The smallest absolute Gasteiger partial charge is 0.257 e. The molecule has 1 saturated heterocycles. The molecule has 1 unspecified atom stereocenters. The highest BCUT2D eigenvalue weighted by Crippen LogP contribution is 2.30. The van der Waals surface area contributed by atoms with E-state index in [1.54, 1.807) is 17.0 Å². The van der Waals surface area contributed by atoms with Crippen molar-refractivity contribution >= 4 is 17.6 Å². The average Bonchev–Trinajstić information content (AvgIpc) is 3.57. The van der Waals surface area contributed by atoms with Gasteiger partial charge < -0.3 is 30.5 Å². The highest BCUT2D eigenvalue weighted by atomic mass is 19.1. The van der Waals surface area contributed by atoms with Crippen LogP contribution in [-0.2, 0) is 11.2 Å². The lowest BCUT2D eigenvalue weighted by Crippen LogP contribution is -2.46. The van der Waals surface area contributed by atoms with Crippen molar-refractivity contribution in [3.8, 4) is 22.8 Å². The first-order valence-corrected chi connectivity index (χ1v) is 17.3. The lowest BCUT2D eigenvalue weighted by atomic mass is 9.90. The van der Waals surface area contributed by atoms with Gasteiger partial charge >= 0.3 is 0 Å². The highest BCUT2D eigenvalue weighted by Gasteiger charge is 2.32. The fourth-order valence-electron chi connectivity index (χ4n) is 6.85. The summed E-state index contributed by atoms with van der Waals surface area (Å²) in [7, 11) is 0. The zero-order valence-electron chi connectivity index (χ0n) is 27.8. The third-order valence-corrected chi connectivity index (χ3v) is 9.66. The minimum absolute atomic E-state index is 0.0102. The van der Waals surface area contributed by atoms with E-state index >= 15 is 0 Å². The number of allylic oxidation sites excluding steroid dienone is 2. The number of aliphatic imine (C=N–C) groups is 1. The second kappa shape index (κ2) is 15.3. The standard InChI is InChI=1S/C38H41F2N7O3/c39-28-8-13-35-45-34(24-47(35)23-28)37(49)44-31-11-9-30(10-12-31)43-36(48)33-21-29(40)22-42-38(33)50-32-3-1-2-27(20-32)26-6-4-25(5-7-26)14-17-46-18-15-41-16-19-46/h1-8,13,20-23,30-31,34,41H,9-12,14-19,24H2,(H,43,48)(H,44,49). The monoisotopic (exact) mass is 681 g/mol. The van der Waals surface area contributed by atoms with E-state index in [4.69, 9.17) is 4.74 Å². The lowest BCUT2D eigenvalue weighted by Gasteiger charge is -2.30. The van der Waals surface area contributed by atoms with Gasteiger partial charge in [0.15, 0.2) is 0 Å². The van der Waals surface area contributed by atoms with E-state index in [2.05, 4.69) is 55.1 Å². The molecule has 10 nitrogen and oxygen atoms in total. The Kier molecular flexibility index (Phi) is 10.3. The van der Waals surface area contributed by atoms with Crippen LogP contribution in [0.5, 0.6) is 11.6 Å². The molecule has 0 bridgehead atoms. The van der Waals surface area contributed by atoms with Crippen LogP contribution in [0.1, 0.15) is 41.6 Å². The van der Waals surface area contributed by atoms with Crippen molar-refractivity contribution in [2.75, 3.05) is 39.3 Å². The summed E-state index contributed by atoms with van der Waals surface area (Å²) >= 11 is 0. The van der Waals surface area contributed by atoms with Crippen molar-refractivity contribution in [2.24, 2.45) is 4.99 Å². The summed E-state index contributed by atoms with van der Waals surface area (Å²) in [5.41, 5.74) is 3.28. The van der Waals surface area contributed by atoms with Crippen molar-refractivity contribution in [2.45, 2.75) is 50.2 Å². The number of benzene rings is 2. The zero-order chi connectivity index (χ0) is 34.5. The number of carbonyl (C=O) groups is 2. The van der Waals surface area contributed by atoms with Crippen molar-refractivity contribution in [3.05, 3.63) is 102 Å². The van der Waals surface area contributed by atoms with Gasteiger partial charge in [0.05, 0.1) is 12.7 Å². The molecule has 12 heteroatoms. The quantitative estimate of drug-likeness (QED) is 0.284. The fraction of sp³-hybridized carbons (Fsp3) is 0.368. The number of hydrogen-bond donors (Lipinski definition) is 3. The number of ether oxygens (including phenoxy) is 1. The predicted octanol–water partition coefficient (Wildman–Crippen LogP) is 4.75. The SMILES string of the molecule is O=C(NC1CCC(NC(=O)C2CN3C=C(F)C=CC3=N2)CC1)c1cc(F)cnc1Oc1cccc(-c2ccc(CCN3CCNCC3)cc2)c1. The number of halogens is 2. The average molecular weight is 682 g/mol. The number of piperazine rings is 1. The summed E-state index contributed by atoms with van der Waals surface area (Å²) in [4.78, 5) is 38.9. The number of nitrogens with zero attached hydrogens (tertiary/aromatic N) is 4. The summed E-state index contributed by atoms with van der Waals surface area (Å²) in [6.07, 6.45) is 8.85. The lowest BCUT2D eigenvalue weighted by molar-refractivity contribution is -0.123. The second-order valence-electron chi connectivity index (χ2n) is 13.2. The van der Waals surface area contributed by atoms with Crippen LogP contribution in [-0.4, -0.2) is 89.8 Å². The van der Waals surface area contributed by atoms with E-state index in [0.717, 1.165) is 62.5 Å². The van der Waals surface area contributed by atoms with Gasteiger partial charge in [-0.3, -0.25) is 14.6 Å². The van der Waals surface area contributed by atoms with Crippen LogP contribution >= 0.6 is 0 Å². The van der Waals surface area contributed by atoms with Gasteiger partial charge in [-0.25, -0.2) is 13.8 Å². The van der Waals surface area contributed by atoms with E-state index in [-0.39, 0.29) is 35.3 Å². The molecule has 1 atom stereocenters. The minimum atomic E-state index is -0.639. The molecule has 3 aromatic rings. The van der Waals surface area contributed by atoms with Gasteiger partial charge in [0.1, 0.15) is 34.8 Å². The Hall–Kier alpha value is -4.94. The Bertz CT molecular complexity index is 1800. The van der Waals surface area contributed by atoms with E-state index in [9.17, 15) is 18.4 Å². The molecule has 0 radical (unpaired) electrons. The van der Waals surface area contributed by atoms with Gasteiger partial charge in [-0.2, -0.15) is 0 Å². The van der Waals surface area contributed by atoms with E-state index < -0.39 is 17.8 Å². The zero-order valence-corrected chi connectivity index (χ0v) is 27.8. The molecule has 0 spiro atoms. The van der Waals surface area contributed by atoms with Crippen molar-refractivity contribution in [3.63, 3.8) is 0 Å². The van der Waals surface area contributed by atoms with Crippen LogP contribution in [0.3, 0.4) is 0 Å². The Morgan fingerprint density at radius 2 is 1.68 bits per heavy atom. The van der Waals surface area contributed by atoms with Gasteiger partial charge in [-0.05, 0) is 79.1 Å². The third kappa shape index (κ3) is 8.26. The molecule has 3 aliphatic heterocycles. The van der Waals surface area contributed by atoms with Crippen LogP contribution in [0.2, 0.25) is 0 Å². The number of amidine groups is 1. The van der Waals surface area contributed by atoms with Crippen LogP contribution in [0.15, 0.2) is 90.0 Å². The Morgan fingerprint density at radius 3 is 2.46 bits per heavy atom. The number of hydrogen-bond acceptors (Lipinski definition) is 8. The molecule has 1 aliphatic carbocycles. The molecule has 4 heterocycles. The van der Waals surface area contributed by atoms with Gasteiger partial charge in [-0.1, -0.05) is 36.4 Å². The van der Waals surface area contributed by atoms with Crippen molar-refractivity contribution in [1.29, 1.82) is 0 Å². The molecule has 1 saturated carbocycles. The first-order valence-electron chi connectivity index (χ1n) is 17.3. The third-order valence-electron chi connectivity index (χ3n) is 9.66. The molecular formula is C38H41F2N7O3. The second-order valence-corrected chi connectivity index (χ2v) is 13.2. The summed E-state index contributed by atoms with van der Waals surface area (Å²) in [5.74, 6) is -0.612. The normalized spacial score (nSPS) is 22.0. The predicted molar refractivity (Wildman–Crippen MR) is 187 cm³/mol. The number of amides is 2. The van der Waals surface area contributed by atoms with E-state index in [1.807, 2.05) is 18.2 Å². The van der Waals surface area contributed by atoms with Gasteiger partial charge in [-0.15, -0.1) is 0 Å². The van der Waals surface area contributed by atoms with Crippen LogP contribution < -0.4 is 20.7 Å². The van der Waals surface area contributed by atoms with Gasteiger partial charge in [0.25, 0.3) is 5.91 Å². The fourth-order valence-corrected chi connectivity index (χ4v) is 6.85. The number of carbonyl (C=O) groups excluding carboxylic acids is 2. The summed E-state index contributed by atoms with van der Waals surface area (Å²) in [6, 6.07) is 16.4. The molecular weight excluding hydrogens is 640 g/mol. The van der Waals surface area contributed by atoms with E-state index in [1.165, 1.54) is 17.8 Å². The molecule has 7 rings (SSSR count). The van der Waals surface area contributed by atoms with Gasteiger partial charge in [0, 0.05) is 51.0 Å². The van der Waals surface area contributed by atoms with E-state index in [0.29, 0.717) is 43.8 Å². The summed E-state index contributed by atoms with van der Waals surface area (Å²) in [5, 5.41) is 9.46. The molecule has 3 N–H and O–H groups in total.